The molecule has 1 amide bonds. The Bertz CT molecular complexity index is 425. The van der Waals surface area contributed by atoms with E-state index in [0.29, 0.717) is 17.9 Å². The third kappa shape index (κ3) is 4.90. The van der Waals surface area contributed by atoms with Crippen molar-refractivity contribution < 1.29 is 9.18 Å². The fourth-order valence-corrected chi connectivity index (χ4v) is 1.93. The van der Waals surface area contributed by atoms with E-state index in [1.54, 1.807) is 11.8 Å². The Balaban J connectivity index is 2.80. The van der Waals surface area contributed by atoms with E-state index in [1.807, 2.05) is 13.8 Å². The van der Waals surface area contributed by atoms with Gasteiger partial charge in [-0.1, -0.05) is 25.8 Å². The number of hydrogen-bond donors (Lipinski definition) is 0. The van der Waals surface area contributed by atoms with Crippen molar-refractivity contribution in [3.63, 3.8) is 0 Å². The van der Waals surface area contributed by atoms with Gasteiger partial charge in [-0.3, -0.25) is 4.79 Å². The highest BCUT2D eigenvalue weighted by Crippen LogP contribution is 2.29. The minimum atomic E-state index is -0.346. The third-order valence-corrected chi connectivity index (χ3v) is 3.05. The summed E-state index contributed by atoms with van der Waals surface area (Å²) in [6.45, 7) is 5.91. The van der Waals surface area contributed by atoms with Gasteiger partial charge in [0.1, 0.15) is 5.83 Å². The minimum absolute atomic E-state index is 0.0873. The molecule has 0 N–H and O–H groups in total. The summed E-state index contributed by atoms with van der Waals surface area (Å²) < 4.78 is 13.7. The molecule has 0 unspecified atom stereocenters. The van der Waals surface area contributed by atoms with E-state index in [9.17, 15) is 9.18 Å². The smallest absolute Gasteiger partial charge is 0.223 e. The summed E-state index contributed by atoms with van der Waals surface area (Å²) in [5.41, 5.74) is 0.411. The van der Waals surface area contributed by atoms with Gasteiger partial charge in [0.05, 0.1) is 0 Å². The highest BCUT2D eigenvalue weighted by molar-refractivity contribution is 5.77. The molecule has 104 valence electrons. The summed E-state index contributed by atoms with van der Waals surface area (Å²) >= 11 is 0. The molecule has 1 saturated carbocycles. The first-order valence-electron chi connectivity index (χ1n) is 6.76. The largest absolute Gasteiger partial charge is 0.335 e. The number of halogens is 1. The van der Waals surface area contributed by atoms with E-state index in [-0.39, 0.29) is 24.3 Å². The predicted molar refractivity (Wildman–Crippen MR) is 76.0 cm³/mol. The molecule has 0 aromatic heterocycles. The second-order valence-electron chi connectivity index (χ2n) is 5.32. The van der Waals surface area contributed by atoms with Gasteiger partial charge >= 0.3 is 0 Å². The Morgan fingerprint density at radius 1 is 1.53 bits per heavy atom. The molecule has 0 saturated heterocycles. The summed E-state index contributed by atoms with van der Waals surface area (Å²) in [5.74, 6) is 2.39. The Hall–Kier alpha value is -1.56. The molecule has 0 heterocycles. The molecule has 0 aliphatic heterocycles. The summed E-state index contributed by atoms with van der Waals surface area (Å²) in [4.78, 5) is 14.0. The van der Waals surface area contributed by atoms with Gasteiger partial charge in [0.15, 0.2) is 0 Å². The normalized spacial score (nSPS) is 16.4. The molecule has 2 nitrogen and oxygen atoms in total. The van der Waals surface area contributed by atoms with E-state index < -0.39 is 0 Å². The van der Waals surface area contributed by atoms with Gasteiger partial charge in [-0.2, -0.15) is 0 Å². The van der Waals surface area contributed by atoms with Crippen LogP contribution in [0.25, 0.3) is 0 Å². The molecule has 19 heavy (non-hydrogen) atoms. The van der Waals surface area contributed by atoms with E-state index >= 15 is 0 Å². The van der Waals surface area contributed by atoms with E-state index in [1.165, 1.54) is 12.2 Å². The molecule has 3 heteroatoms. The van der Waals surface area contributed by atoms with Crippen LogP contribution in [0.5, 0.6) is 0 Å². The SMILES string of the molecule is C#C/C=C(CN(C(=O)CC(C)C)C1CC1)\C(F)=C/C. The average Bonchev–Trinajstić information content (AvgIpc) is 3.16. The summed E-state index contributed by atoms with van der Waals surface area (Å²) in [5, 5.41) is 0. The van der Waals surface area contributed by atoms with Gasteiger partial charge in [0.2, 0.25) is 5.91 Å². The molecule has 0 bridgehead atoms. The molecular formula is C16H22FNO. The van der Waals surface area contributed by atoms with Crippen molar-refractivity contribution in [2.24, 2.45) is 5.92 Å². The van der Waals surface area contributed by atoms with Crippen LogP contribution in [0.2, 0.25) is 0 Å². The van der Waals surface area contributed by atoms with Crippen LogP contribution in [0.15, 0.2) is 23.6 Å². The highest BCUT2D eigenvalue weighted by Gasteiger charge is 2.33. The molecule has 1 fully saturated rings. The predicted octanol–water partition coefficient (Wildman–Crippen LogP) is 3.46. The van der Waals surface area contributed by atoms with Crippen LogP contribution in [0.4, 0.5) is 4.39 Å². The van der Waals surface area contributed by atoms with E-state index in [0.717, 1.165) is 12.8 Å². The van der Waals surface area contributed by atoms with Crippen molar-refractivity contribution in [2.75, 3.05) is 6.54 Å². The zero-order valence-electron chi connectivity index (χ0n) is 11.9. The van der Waals surface area contributed by atoms with Crippen molar-refractivity contribution in [2.45, 2.75) is 46.1 Å². The summed E-state index contributed by atoms with van der Waals surface area (Å²) in [7, 11) is 0. The molecule has 0 spiro atoms. The second-order valence-corrected chi connectivity index (χ2v) is 5.32. The Labute approximate surface area is 115 Å². The number of rotatable bonds is 6. The summed E-state index contributed by atoms with van der Waals surface area (Å²) in [6, 6.07) is 0.261. The van der Waals surface area contributed by atoms with Gasteiger partial charge in [-0.15, -0.1) is 6.42 Å². The standard InChI is InChI=1S/C16H22FNO/c1-5-7-13(15(17)6-2)11-18(14-8-9-14)16(19)10-12(3)4/h1,6-7,12,14H,8-11H2,2-4H3/b13-7-,15-6+. The zero-order chi connectivity index (χ0) is 14.4. The van der Waals surface area contributed by atoms with Gasteiger partial charge in [-0.05, 0) is 31.8 Å². The number of hydrogen-bond acceptors (Lipinski definition) is 1. The van der Waals surface area contributed by atoms with Crippen molar-refractivity contribution >= 4 is 5.91 Å². The molecule has 1 aliphatic carbocycles. The molecule has 0 aromatic rings. The van der Waals surface area contributed by atoms with Gasteiger partial charge in [0.25, 0.3) is 0 Å². The molecular weight excluding hydrogens is 241 g/mol. The first-order chi connectivity index (χ1) is 8.99. The fourth-order valence-electron chi connectivity index (χ4n) is 1.93. The van der Waals surface area contributed by atoms with Gasteiger partial charge < -0.3 is 4.90 Å². The van der Waals surface area contributed by atoms with Crippen LogP contribution < -0.4 is 0 Å². The quantitative estimate of drug-likeness (QED) is 0.531. The van der Waals surface area contributed by atoms with Crippen molar-refractivity contribution in [3.8, 4) is 12.3 Å². The number of nitrogens with zero attached hydrogens (tertiary/aromatic N) is 1. The number of allylic oxidation sites excluding steroid dienone is 2. The Morgan fingerprint density at radius 2 is 2.16 bits per heavy atom. The third-order valence-electron chi connectivity index (χ3n) is 3.05. The van der Waals surface area contributed by atoms with E-state index in [4.69, 9.17) is 6.42 Å². The first-order valence-corrected chi connectivity index (χ1v) is 6.76. The van der Waals surface area contributed by atoms with Crippen molar-refractivity contribution in [3.05, 3.63) is 23.6 Å². The fraction of sp³-hybridized carbons (Fsp3) is 0.562. The summed E-state index contributed by atoms with van der Waals surface area (Å²) in [6.07, 6.45) is 10.5. The lowest BCUT2D eigenvalue weighted by Gasteiger charge is -2.24. The lowest BCUT2D eigenvalue weighted by Crippen LogP contribution is -2.35. The first kappa shape index (κ1) is 15.5. The zero-order valence-corrected chi connectivity index (χ0v) is 11.9. The topological polar surface area (TPSA) is 20.3 Å². The average molecular weight is 263 g/mol. The molecule has 1 aliphatic rings. The lowest BCUT2D eigenvalue weighted by molar-refractivity contribution is -0.132. The maximum Gasteiger partial charge on any atom is 0.223 e. The molecule has 0 atom stereocenters. The monoisotopic (exact) mass is 263 g/mol. The molecule has 1 rings (SSSR count). The number of carbonyl (C=O) groups excluding carboxylic acids is 1. The minimum Gasteiger partial charge on any atom is -0.335 e. The highest BCUT2D eigenvalue weighted by atomic mass is 19.1. The van der Waals surface area contributed by atoms with Gasteiger partial charge in [-0.25, -0.2) is 4.39 Å². The van der Waals surface area contributed by atoms with Gasteiger partial charge in [0, 0.05) is 24.6 Å². The Morgan fingerprint density at radius 3 is 2.58 bits per heavy atom. The lowest BCUT2D eigenvalue weighted by atomic mass is 10.1. The van der Waals surface area contributed by atoms with E-state index in [2.05, 4.69) is 5.92 Å². The van der Waals surface area contributed by atoms with Crippen LogP contribution in [-0.2, 0) is 4.79 Å². The van der Waals surface area contributed by atoms with Crippen LogP contribution in [-0.4, -0.2) is 23.4 Å². The van der Waals surface area contributed by atoms with Crippen LogP contribution in [0, 0.1) is 18.3 Å². The maximum atomic E-state index is 13.7. The number of carbonyl (C=O) groups is 1. The number of amides is 1. The molecule has 0 aromatic carbocycles. The maximum absolute atomic E-state index is 13.7. The van der Waals surface area contributed by atoms with Crippen LogP contribution in [0.1, 0.15) is 40.0 Å². The van der Waals surface area contributed by atoms with Crippen molar-refractivity contribution in [1.82, 2.24) is 4.90 Å². The van der Waals surface area contributed by atoms with Crippen molar-refractivity contribution in [1.29, 1.82) is 0 Å². The molecule has 0 radical (unpaired) electrons. The van der Waals surface area contributed by atoms with Crippen LogP contribution in [0.3, 0.4) is 0 Å². The number of terminal acetylenes is 1. The second kappa shape index (κ2) is 7.13. The Kier molecular flexibility index (Phi) is 5.82. The van der Waals surface area contributed by atoms with Crippen LogP contribution >= 0.6 is 0 Å².